The van der Waals surface area contributed by atoms with Crippen molar-refractivity contribution in [3.63, 3.8) is 0 Å². The molecule has 66 valence electrons. The number of thiophene rings is 1. The average Bonchev–Trinajstić information content (AvgIpc) is 2.34. The van der Waals surface area contributed by atoms with Crippen LogP contribution in [0.5, 0.6) is 0 Å². The second-order valence-electron chi connectivity index (χ2n) is 2.42. The van der Waals surface area contributed by atoms with Gasteiger partial charge in [0.05, 0.1) is 3.79 Å². The van der Waals surface area contributed by atoms with Gasteiger partial charge in [0.2, 0.25) is 5.91 Å². The Morgan fingerprint density at radius 2 is 2.33 bits per heavy atom. The summed E-state index contributed by atoms with van der Waals surface area (Å²) in [7, 11) is 0. The molecule has 3 nitrogen and oxygen atoms in total. The molecule has 4 N–H and O–H groups in total. The Balaban J connectivity index is 2.64. The van der Waals surface area contributed by atoms with Gasteiger partial charge in [0.25, 0.3) is 0 Å². The molecule has 1 atom stereocenters. The largest absolute Gasteiger partial charge is 0.370 e. The topological polar surface area (TPSA) is 69.1 Å². The molecule has 12 heavy (non-hydrogen) atoms. The first-order valence-corrected chi connectivity index (χ1v) is 4.99. The summed E-state index contributed by atoms with van der Waals surface area (Å²) in [6, 6.07) is 3.53. The lowest BCUT2D eigenvalue weighted by Crippen LogP contribution is -2.19. The van der Waals surface area contributed by atoms with Gasteiger partial charge in [0.15, 0.2) is 0 Å². The lowest BCUT2D eigenvalue weighted by atomic mass is 10.2. The molecule has 0 spiro atoms. The van der Waals surface area contributed by atoms with Crippen LogP contribution in [0.3, 0.4) is 0 Å². The van der Waals surface area contributed by atoms with E-state index in [4.69, 9.17) is 11.5 Å². The zero-order valence-corrected chi connectivity index (χ0v) is 8.69. The quantitative estimate of drug-likeness (QED) is 0.849. The number of hydrogen-bond donors (Lipinski definition) is 2. The predicted octanol–water partition coefficient (Wildman–Crippen LogP) is 1.39. The first-order valence-electron chi connectivity index (χ1n) is 3.38. The molecule has 0 fully saturated rings. The third kappa shape index (κ3) is 2.58. The minimum atomic E-state index is -0.368. The number of rotatable bonds is 3. The highest BCUT2D eigenvalue weighted by molar-refractivity contribution is 9.11. The molecule has 1 aromatic rings. The molecule has 1 amide bonds. The van der Waals surface area contributed by atoms with Gasteiger partial charge < -0.3 is 11.5 Å². The molecule has 0 aliphatic carbocycles. The van der Waals surface area contributed by atoms with Gasteiger partial charge in [-0.25, -0.2) is 0 Å². The molecular weight excluding hydrogens is 240 g/mol. The van der Waals surface area contributed by atoms with E-state index in [2.05, 4.69) is 15.9 Å². The fraction of sp³-hybridized carbons (Fsp3) is 0.286. The highest BCUT2D eigenvalue weighted by Crippen LogP contribution is 2.27. The Morgan fingerprint density at radius 1 is 1.67 bits per heavy atom. The van der Waals surface area contributed by atoms with Crippen molar-refractivity contribution in [2.24, 2.45) is 11.5 Å². The van der Waals surface area contributed by atoms with E-state index in [0.29, 0.717) is 0 Å². The van der Waals surface area contributed by atoms with Crippen molar-refractivity contribution >= 4 is 33.2 Å². The Labute approximate surface area is 82.9 Å². The summed E-state index contributed by atoms with van der Waals surface area (Å²) in [6.45, 7) is 0. The summed E-state index contributed by atoms with van der Waals surface area (Å²) >= 11 is 4.84. The Kier molecular flexibility index (Phi) is 3.25. The number of primary amides is 1. The smallest absolute Gasteiger partial charge is 0.219 e. The van der Waals surface area contributed by atoms with Crippen molar-refractivity contribution in [3.8, 4) is 0 Å². The van der Waals surface area contributed by atoms with Crippen LogP contribution in [0.2, 0.25) is 0 Å². The molecular formula is C7H9BrN2OS. The van der Waals surface area contributed by atoms with Crippen LogP contribution in [0.4, 0.5) is 0 Å². The number of amides is 1. The molecule has 5 heteroatoms. The third-order valence-electron chi connectivity index (χ3n) is 1.38. The second-order valence-corrected chi connectivity index (χ2v) is 4.91. The zero-order valence-electron chi connectivity index (χ0n) is 6.29. The number of halogens is 1. The van der Waals surface area contributed by atoms with Crippen LogP contribution in [0, 0.1) is 0 Å². The second kappa shape index (κ2) is 4.02. The van der Waals surface area contributed by atoms with Crippen LogP contribution in [-0.2, 0) is 4.79 Å². The highest BCUT2D eigenvalue weighted by Gasteiger charge is 2.10. The summed E-state index contributed by atoms with van der Waals surface area (Å²) in [5, 5.41) is 0. The van der Waals surface area contributed by atoms with E-state index in [1.165, 1.54) is 11.3 Å². The fourth-order valence-corrected chi connectivity index (χ4v) is 2.27. The maximum absolute atomic E-state index is 10.5. The Bertz CT molecular complexity index is 287. The number of hydrogen-bond acceptors (Lipinski definition) is 3. The normalized spacial score (nSPS) is 12.8. The average molecular weight is 249 g/mol. The molecule has 0 saturated heterocycles. The van der Waals surface area contributed by atoms with Crippen LogP contribution in [-0.4, -0.2) is 5.91 Å². The van der Waals surface area contributed by atoms with Crippen LogP contribution in [0.1, 0.15) is 17.3 Å². The SMILES string of the molecule is NC(=O)C[C@H](N)c1ccc(Br)s1. The summed E-state index contributed by atoms with van der Waals surface area (Å²) in [5.41, 5.74) is 10.7. The van der Waals surface area contributed by atoms with Crippen molar-refractivity contribution in [1.29, 1.82) is 0 Å². The van der Waals surface area contributed by atoms with Crippen LogP contribution in [0.25, 0.3) is 0 Å². The van der Waals surface area contributed by atoms with Gasteiger partial charge in [-0.3, -0.25) is 4.79 Å². The van der Waals surface area contributed by atoms with E-state index in [-0.39, 0.29) is 18.4 Å². The van der Waals surface area contributed by atoms with Gasteiger partial charge in [-0.05, 0) is 28.1 Å². The van der Waals surface area contributed by atoms with Crippen molar-refractivity contribution in [1.82, 2.24) is 0 Å². The van der Waals surface area contributed by atoms with Gasteiger partial charge in [-0.15, -0.1) is 11.3 Å². The van der Waals surface area contributed by atoms with E-state index in [9.17, 15) is 4.79 Å². The van der Waals surface area contributed by atoms with Gasteiger partial charge in [0, 0.05) is 17.3 Å². The predicted molar refractivity (Wildman–Crippen MR) is 52.8 cm³/mol. The molecule has 0 radical (unpaired) electrons. The van der Waals surface area contributed by atoms with E-state index in [1.54, 1.807) is 0 Å². The maximum atomic E-state index is 10.5. The summed E-state index contributed by atoms with van der Waals surface area (Å²) in [5.74, 6) is -0.368. The van der Waals surface area contributed by atoms with Crippen LogP contribution in [0.15, 0.2) is 15.9 Å². The lowest BCUT2D eigenvalue weighted by molar-refractivity contribution is -0.118. The minimum absolute atomic E-state index is 0.201. The molecule has 0 saturated carbocycles. The highest BCUT2D eigenvalue weighted by atomic mass is 79.9. The third-order valence-corrected chi connectivity index (χ3v) is 3.14. The van der Waals surface area contributed by atoms with Gasteiger partial charge in [0.1, 0.15) is 0 Å². The lowest BCUT2D eigenvalue weighted by Gasteiger charge is -2.04. The summed E-state index contributed by atoms with van der Waals surface area (Å²) in [6.07, 6.45) is 0.201. The first-order chi connectivity index (χ1) is 5.59. The fourth-order valence-electron chi connectivity index (χ4n) is 0.845. The van der Waals surface area contributed by atoms with Crippen LogP contribution < -0.4 is 11.5 Å². The van der Waals surface area contributed by atoms with Crippen molar-refractivity contribution < 1.29 is 4.79 Å². The minimum Gasteiger partial charge on any atom is -0.370 e. The number of nitrogens with two attached hydrogens (primary N) is 2. The molecule has 0 aliphatic heterocycles. The van der Waals surface area contributed by atoms with Crippen molar-refractivity contribution in [2.75, 3.05) is 0 Å². The molecule has 0 unspecified atom stereocenters. The maximum Gasteiger partial charge on any atom is 0.219 e. The van der Waals surface area contributed by atoms with E-state index in [1.807, 2.05) is 12.1 Å². The van der Waals surface area contributed by atoms with Gasteiger partial charge >= 0.3 is 0 Å². The Morgan fingerprint density at radius 3 is 2.75 bits per heavy atom. The van der Waals surface area contributed by atoms with E-state index in [0.717, 1.165) is 8.66 Å². The number of carbonyl (C=O) groups is 1. The van der Waals surface area contributed by atoms with E-state index < -0.39 is 0 Å². The molecule has 1 rings (SSSR count). The van der Waals surface area contributed by atoms with E-state index >= 15 is 0 Å². The van der Waals surface area contributed by atoms with Gasteiger partial charge in [-0.2, -0.15) is 0 Å². The molecule has 0 bridgehead atoms. The van der Waals surface area contributed by atoms with Crippen molar-refractivity contribution in [2.45, 2.75) is 12.5 Å². The summed E-state index contributed by atoms with van der Waals surface area (Å²) < 4.78 is 1.01. The molecule has 1 heterocycles. The molecule has 1 aromatic heterocycles. The first kappa shape index (κ1) is 9.70. The molecule has 0 aliphatic rings. The number of carbonyl (C=O) groups excluding carboxylic acids is 1. The Hall–Kier alpha value is -0.390. The van der Waals surface area contributed by atoms with Gasteiger partial charge in [-0.1, -0.05) is 0 Å². The molecule has 0 aromatic carbocycles. The van der Waals surface area contributed by atoms with Crippen molar-refractivity contribution in [3.05, 3.63) is 20.8 Å². The summed E-state index contributed by atoms with van der Waals surface area (Å²) in [4.78, 5) is 11.5. The standard InChI is InChI=1S/C7H9BrN2OS/c8-6-2-1-5(12-6)4(9)3-7(10)11/h1-2,4H,3,9H2,(H2,10,11)/t4-/m0/s1. The monoisotopic (exact) mass is 248 g/mol. The zero-order chi connectivity index (χ0) is 9.14. The van der Waals surface area contributed by atoms with Crippen LogP contribution >= 0.6 is 27.3 Å².